The summed E-state index contributed by atoms with van der Waals surface area (Å²) in [6, 6.07) is 15.3. The van der Waals surface area contributed by atoms with Crippen LogP contribution in [0.4, 0.5) is 4.79 Å². The van der Waals surface area contributed by atoms with Gasteiger partial charge in [-0.3, -0.25) is 9.59 Å². The average Bonchev–Trinajstić information content (AvgIpc) is 3.50. The van der Waals surface area contributed by atoms with Crippen LogP contribution in [0.3, 0.4) is 0 Å². The van der Waals surface area contributed by atoms with Gasteiger partial charge in [-0.05, 0) is 41.0 Å². The number of unbranched alkanes of at least 4 members (excludes halogenated alkanes) is 1. The summed E-state index contributed by atoms with van der Waals surface area (Å²) in [6.07, 6.45) is 2.29. The molecule has 0 aromatic heterocycles. The Bertz CT molecular complexity index is 1070. The van der Waals surface area contributed by atoms with Crippen LogP contribution >= 0.6 is 0 Å². The van der Waals surface area contributed by atoms with Gasteiger partial charge in [-0.15, -0.1) is 0 Å². The first-order valence-electron chi connectivity index (χ1n) is 12.1. The summed E-state index contributed by atoms with van der Waals surface area (Å²) < 4.78 is 5.64. The Labute approximate surface area is 199 Å². The number of fused-ring (bicyclic) bond motifs is 4. The minimum Gasteiger partial charge on any atom is -0.481 e. The van der Waals surface area contributed by atoms with Crippen LogP contribution in [0.5, 0.6) is 0 Å². The first-order valence-corrected chi connectivity index (χ1v) is 12.1. The lowest BCUT2D eigenvalue weighted by molar-refractivity contribution is -0.148. The minimum atomic E-state index is -0.842. The highest BCUT2D eigenvalue weighted by Crippen LogP contribution is 2.47. The second-order valence-corrected chi connectivity index (χ2v) is 9.58. The molecular formula is C27H30N2O5. The van der Waals surface area contributed by atoms with Crippen molar-refractivity contribution in [3.63, 3.8) is 0 Å². The van der Waals surface area contributed by atoms with Crippen LogP contribution in [0, 0.1) is 11.8 Å². The summed E-state index contributed by atoms with van der Waals surface area (Å²) in [5.74, 6) is -1.55. The second-order valence-electron chi connectivity index (χ2n) is 9.58. The highest BCUT2D eigenvalue weighted by Gasteiger charge is 2.57. The predicted octanol–water partition coefficient (Wildman–Crippen LogP) is 4.02. The van der Waals surface area contributed by atoms with E-state index >= 15 is 0 Å². The third-order valence-electron chi connectivity index (χ3n) is 7.65. The fourth-order valence-corrected chi connectivity index (χ4v) is 5.89. The SMILES string of the molecule is CCCC[C@H](NC(=O)OCC1c2ccccc2-c2ccccc21)C(=O)N1CC2CC1C2C(=O)O. The van der Waals surface area contributed by atoms with Gasteiger partial charge in [0.25, 0.3) is 0 Å². The molecule has 2 heterocycles. The van der Waals surface area contributed by atoms with Crippen molar-refractivity contribution in [2.45, 2.75) is 50.6 Å². The highest BCUT2D eigenvalue weighted by molar-refractivity contribution is 5.88. The van der Waals surface area contributed by atoms with Crippen LogP contribution in [0.25, 0.3) is 11.1 Å². The van der Waals surface area contributed by atoms with Crippen molar-refractivity contribution < 1.29 is 24.2 Å². The summed E-state index contributed by atoms with van der Waals surface area (Å²) in [5, 5.41) is 12.2. The van der Waals surface area contributed by atoms with Crippen molar-refractivity contribution in [2.75, 3.05) is 13.2 Å². The number of carbonyl (C=O) groups is 3. The molecule has 3 unspecified atom stereocenters. The molecule has 4 aliphatic rings. The molecule has 178 valence electrons. The maximum absolute atomic E-state index is 13.2. The van der Waals surface area contributed by atoms with Crippen LogP contribution in [0.15, 0.2) is 48.5 Å². The molecule has 2 aromatic rings. The molecule has 3 fully saturated rings. The average molecular weight is 463 g/mol. The molecule has 2 N–H and O–H groups in total. The van der Waals surface area contributed by atoms with E-state index < -0.39 is 24.0 Å². The molecule has 2 amide bonds. The van der Waals surface area contributed by atoms with Crippen LogP contribution in [0.2, 0.25) is 0 Å². The third-order valence-corrected chi connectivity index (χ3v) is 7.65. The number of aliphatic carboxylic acids is 1. The molecule has 1 saturated carbocycles. The van der Waals surface area contributed by atoms with Crippen LogP contribution < -0.4 is 5.32 Å². The molecule has 0 radical (unpaired) electrons. The lowest BCUT2D eigenvalue weighted by Crippen LogP contribution is -2.52. The lowest BCUT2D eigenvalue weighted by Gasteiger charge is -2.34. The Hall–Kier alpha value is -3.35. The number of hydrogen-bond donors (Lipinski definition) is 2. The van der Waals surface area contributed by atoms with Gasteiger partial charge in [0, 0.05) is 18.5 Å². The number of nitrogens with zero attached hydrogens (tertiary/aromatic N) is 1. The summed E-state index contributed by atoms with van der Waals surface area (Å²) in [5.41, 5.74) is 4.58. The molecule has 7 nitrogen and oxygen atoms in total. The van der Waals surface area contributed by atoms with E-state index in [1.807, 2.05) is 31.2 Å². The van der Waals surface area contributed by atoms with E-state index in [1.165, 1.54) is 0 Å². The third kappa shape index (κ3) is 3.83. The van der Waals surface area contributed by atoms with Gasteiger partial charge < -0.3 is 20.1 Å². The van der Waals surface area contributed by atoms with E-state index in [9.17, 15) is 19.5 Å². The van der Waals surface area contributed by atoms with Crippen LogP contribution in [-0.4, -0.2) is 53.2 Å². The van der Waals surface area contributed by atoms with E-state index in [4.69, 9.17) is 4.74 Å². The Balaban J connectivity index is 1.24. The molecule has 4 atom stereocenters. The van der Waals surface area contributed by atoms with E-state index in [-0.39, 0.29) is 30.4 Å². The Morgan fingerprint density at radius 3 is 2.32 bits per heavy atom. The number of carboxylic acids is 1. The van der Waals surface area contributed by atoms with Crippen LogP contribution in [0.1, 0.15) is 49.7 Å². The number of benzene rings is 2. The zero-order chi connectivity index (χ0) is 23.8. The molecule has 2 bridgehead atoms. The quantitative estimate of drug-likeness (QED) is 0.618. The largest absolute Gasteiger partial charge is 0.481 e. The van der Waals surface area contributed by atoms with Crippen molar-refractivity contribution in [2.24, 2.45) is 11.8 Å². The maximum Gasteiger partial charge on any atom is 0.407 e. The second kappa shape index (κ2) is 9.12. The maximum atomic E-state index is 13.2. The van der Waals surface area contributed by atoms with Crippen LogP contribution in [-0.2, 0) is 14.3 Å². The van der Waals surface area contributed by atoms with E-state index in [0.717, 1.165) is 41.5 Å². The Morgan fingerprint density at radius 1 is 1.09 bits per heavy atom. The minimum absolute atomic E-state index is 0.0210. The number of amides is 2. The topological polar surface area (TPSA) is 95.9 Å². The number of carbonyl (C=O) groups excluding carboxylic acids is 2. The molecule has 7 heteroatoms. The first kappa shape index (κ1) is 22.4. The lowest BCUT2D eigenvalue weighted by atomic mass is 9.74. The summed E-state index contributed by atoms with van der Waals surface area (Å²) in [4.78, 5) is 39.2. The predicted molar refractivity (Wildman–Crippen MR) is 126 cm³/mol. The molecule has 2 aliphatic carbocycles. The zero-order valence-corrected chi connectivity index (χ0v) is 19.3. The number of nitrogens with one attached hydrogen (secondary N) is 1. The number of hydrogen-bond acceptors (Lipinski definition) is 4. The van der Waals surface area contributed by atoms with Gasteiger partial charge in [-0.1, -0.05) is 68.3 Å². The zero-order valence-electron chi connectivity index (χ0n) is 19.3. The van der Waals surface area contributed by atoms with Gasteiger partial charge in [0.1, 0.15) is 12.6 Å². The molecule has 0 spiro atoms. The number of ether oxygens (including phenoxy) is 1. The number of alkyl carbamates (subject to hydrolysis) is 1. The van der Waals surface area contributed by atoms with Gasteiger partial charge >= 0.3 is 12.1 Å². The molecular weight excluding hydrogens is 432 g/mol. The summed E-state index contributed by atoms with van der Waals surface area (Å²) in [7, 11) is 0. The van der Waals surface area contributed by atoms with Gasteiger partial charge in [0.05, 0.1) is 5.92 Å². The van der Waals surface area contributed by atoms with Crippen molar-refractivity contribution >= 4 is 18.0 Å². The van der Waals surface area contributed by atoms with E-state index in [0.29, 0.717) is 13.0 Å². The van der Waals surface area contributed by atoms with Crippen molar-refractivity contribution in [1.82, 2.24) is 10.2 Å². The number of carboxylic acid groups (broad SMARTS) is 1. The first-order chi connectivity index (χ1) is 16.5. The Kier molecular flexibility index (Phi) is 6.02. The van der Waals surface area contributed by atoms with Crippen molar-refractivity contribution in [3.8, 4) is 11.1 Å². The monoisotopic (exact) mass is 462 g/mol. The van der Waals surface area contributed by atoms with E-state index in [1.54, 1.807) is 4.90 Å². The fraction of sp³-hybridized carbons (Fsp3) is 0.444. The smallest absolute Gasteiger partial charge is 0.407 e. The van der Waals surface area contributed by atoms with Crippen molar-refractivity contribution in [3.05, 3.63) is 59.7 Å². The molecule has 6 rings (SSSR count). The van der Waals surface area contributed by atoms with Gasteiger partial charge in [-0.2, -0.15) is 0 Å². The summed E-state index contributed by atoms with van der Waals surface area (Å²) in [6.45, 7) is 2.67. The molecule has 2 aromatic carbocycles. The fourth-order valence-electron chi connectivity index (χ4n) is 5.89. The van der Waals surface area contributed by atoms with Crippen molar-refractivity contribution in [1.29, 1.82) is 0 Å². The molecule has 2 saturated heterocycles. The Morgan fingerprint density at radius 2 is 1.74 bits per heavy atom. The molecule has 34 heavy (non-hydrogen) atoms. The van der Waals surface area contributed by atoms with Gasteiger partial charge in [-0.25, -0.2) is 4.79 Å². The summed E-state index contributed by atoms with van der Waals surface area (Å²) >= 11 is 0. The highest BCUT2D eigenvalue weighted by atomic mass is 16.5. The van der Waals surface area contributed by atoms with Gasteiger partial charge in [0.15, 0.2) is 0 Å². The standard InChI is InChI=1S/C27H30N2O5/c1-2-3-12-22(25(30)29-14-16-13-23(29)24(16)26(31)32)28-27(33)34-15-21-19-10-6-4-8-17(19)18-9-5-7-11-20(18)21/h4-11,16,21-24H,2-3,12-15H2,1H3,(H,28,33)(H,31,32)/t16?,22-,23?,24?/m0/s1. The number of rotatable bonds is 8. The van der Waals surface area contributed by atoms with Gasteiger partial charge in [0.2, 0.25) is 5.91 Å². The normalized spacial score (nSPS) is 23.0. The molecule has 2 aliphatic heterocycles. The van der Waals surface area contributed by atoms with E-state index in [2.05, 4.69) is 29.6 Å².